The van der Waals surface area contributed by atoms with Gasteiger partial charge >= 0.3 is 0 Å². The van der Waals surface area contributed by atoms with Crippen LogP contribution >= 0.6 is 0 Å². The van der Waals surface area contributed by atoms with Crippen LogP contribution in [0.1, 0.15) is 5.69 Å². The molecule has 0 aliphatic heterocycles. The summed E-state index contributed by atoms with van der Waals surface area (Å²) in [5.74, 6) is 1.19. The van der Waals surface area contributed by atoms with E-state index in [0.717, 1.165) is 22.3 Å². The molecule has 0 spiro atoms. The first kappa shape index (κ1) is 15.9. The Kier molecular flexibility index (Phi) is 4.35. The van der Waals surface area contributed by atoms with Crippen LogP contribution < -0.4 is 15.6 Å². The smallest absolute Gasteiger partial charge is 0.252 e. The molecule has 5 nitrogen and oxygen atoms in total. The third kappa shape index (κ3) is 3.57. The van der Waals surface area contributed by atoms with Crippen LogP contribution in [0.3, 0.4) is 0 Å². The predicted octanol–water partition coefficient (Wildman–Crippen LogP) is 4.33. The summed E-state index contributed by atoms with van der Waals surface area (Å²) < 4.78 is 5.99. The molecule has 0 atom stereocenters. The van der Waals surface area contributed by atoms with Gasteiger partial charge in [0, 0.05) is 29.4 Å². The molecule has 0 aliphatic carbocycles. The number of rotatable bonds is 5. The van der Waals surface area contributed by atoms with Gasteiger partial charge in [-0.1, -0.05) is 24.3 Å². The lowest BCUT2D eigenvalue weighted by Gasteiger charge is -2.11. The number of aromatic amines is 1. The summed E-state index contributed by atoms with van der Waals surface area (Å²) in [6, 6.07) is 22.5. The van der Waals surface area contributed by atoms with Gasteiger partial charge in [0.25, 0.3) is 5.56 Å². The van der Waals surface area contributed by atoms with Crippen LogP contribution in [0.4, 0.5) is 5.69 Å². The highest BCUT2D eigenvalue weighted by atomic mass is 16.5. The largest absolute Gasteiger partial charge is 0.456 e. The van der Waals surface area contributed by atoms with E-state index < -0.39 is 0 Å². The average Bonchev–Trinajstić information content (AvgIpc) is 2.67. The minimum Gasteiger partial charge on any atom is -0.456 e. The molecule has 4 rings (SSSR count). The van der Waals surface area contributed by atoms with Gasteiger partial charge in [0.15, 0.2) is 0 Å². The van der Waals surface area contributed by atoms with E-state index in [4.69, 9.17) is 4.74 Å². The number of ether oxygens (including phenoxy) is 1. The molecule has 0 saturated carbocycles. The lowest BCUT2D eigenvalue weighted by atomic mass is 10.2. The first-order chi connectivity index (χ1) is 12.8. The molecule has 0 unspecified atom stereocenters. The van der Waals surface area contributed by atoms with Crippen molar-refractivity contribution in [3.05, 3.63) is 95.0 Å². The fourth-order valence-corrected chi connectivity index (χ4v) is 2.75. The molecule has 0 amide bonds. The SMILES string of the molecule is O=c1cc(Oc2cccc(NCc3ccccn3)c2)c2ccccc2[nH]1. The highest BCUT2D eigenvalue weighted by Crippen LogP contribution is 2.28. The van der Waals surface area contributed by atoms with Crippen LogP contribution in [0.25, 0.3) is 10.9 Å². The van der Waals surface area contributed by atoms with Gasteiger partial charge in [-0.3, -0.25) is 9.78 Å². The first-order valence-corrected chi connectivity index (χ1v) is 8.32. The highest BCUT2D eigenvalue weighted by molar-refractivity contribution is 5.84. The highest BCUT2D eigenvalue weighted by Gasteiger charge is 2.06. The van der Waals surface area contributed by atoms with Crippen molar-refractivity contribution in [3.8, 4) is 11.5 Å². The van der Waals surface area contributed by atoms with Gasteiger partial charge in [0.1, 0.15) is 11.5 Å². The maximum atomic E-state index is 11.9. The molecule has 128 valence electrons. The summed E-state index contributed by atoms with van der Waals surface area (Å²) >= 11 is 0. The van der Waals surface area contributed by atoms with E-state index >= 15 is 0 Å². The van der Waals surface area contributed by atoms with Crippen molar-refractivity contribution >= 4 is 16.6 Å². The minimum absolute atomic E-state index is 0.192. The summed E-state index contributed by atoms with van der Waals surface area (Å²) in [6.07, 6.45) is 1.77. The quantitative estimate of drug-likeness (QED) is 0.566. The zero-order valence-electron chi connectivity index (χ0n) is 14.0. The zero-order valence-corrected chi connectivity index (χ0v) is 14.0. The number of nitrogens with zero attached hydrogens (tertiary/aromatic N) is 1. The standard InChI is InChI=1S/C21H17N3O2/c25-21-13-20(18-9-1-2-10-19(18)24-21)26-17-8-5-7-15(12-17)23-14-16-6-3-4-11-22-16/h1-13,23H,14H2,(H,24,25). The van der Waals surface area contributed by atoms with Gasteiger partial charge in [0.2, 0.25) is 0 Å². The molecular weight excluding hydrogens is 326 g/mol. The molecule has 0 fully saturated rings. The van der Waals surface area contributed by atoms with Crippen LogP contribution in [0.15, 0.2) is 83.8 Å². The van der Waals surface area contributed by atoms with Gasteiger partial charge in [-0.25, -0.2) is 0 Å². The van der Waals surface area contributed by atoms with Crippen LogP contribution in [0.5, 0.6) is 11.5 Å². The predicted molar refractivity (Wildman–Crippen MR) is 103 cm³/mol. The second-order valence-corrected chi connectivity index (χ2v) is 5.85. The Labute approximate surface area is 150 Å². The molecule has 2 aromatic heterocycles. The molecular formula is C21H17N3O2. The van der Waals surface area contributed by atoms with Crippen molar-refractivity contribution in [2.75, 3.05) is 5.32 Å². The summed E-state index contributed by atoms with van der Waals surface area (Å²) in [7, 11) is 0. The second kappa shape index (κ2) is 7.11. The number of fused-ring (bicyclic) bond motifs is 1. The van der Waals surface area contributed by atoms with E-state index in [9.17, 15) is 4.79 Å². The Hall–Kier alpha value is -3.60. The van der Waals surface area contributed by atoms with Crippen molar-refractivity contribution in [1.29, 1.82) is 0 Å². The lowest BCUT2D eigenvalue weighted by molar-refractivity contribution is 0.487. The number of hydrogen-bond donors (Lipinski definition) is 2. The number of nitrogens with one attached hydrogen (secondary N) is 2. The molecule has 0 aliphatic rings. The number of benzene rings is 2. The molecule has 2 N–H and O–H groups in total. The zero-order chi connectivity index (χ0) is 17.8. The lowest BCUT2D eigenvalue weighted by Crippen LogP contribution is -2.05. The van der Waals surface area contributed by atoms with E-state index in [1.165, 1.54) is 6.07 Å². The van der Waals surface area contributed by atoms with Crippen LogP contribution in [-0.2, 0) is 6.54 Å². The monoisotopic (exact) mass is 343 g/mol. The van der Waals surface area contributed by atoms with Gasteiger partial charge in [0.05, 0.1) is 17.8 Å². The van der Waals surface area contributed by atoms with Gasteiger partial charge in [-0.2, -0.15) is 0 Å². The van der Waals surface area contributed by atoms with Gasteiger partial charge in [-0.05, 0) is 36.4 Å². The number of pyridine rings is 2. The summed E-state index contributed by atoms with van der Waals surface area (Å²) in [6.45, 7) is 0.623. The summed E-state index contributed by atoms with van der Waals surface area (Å²) in [4.78, 5) is 19.0. The molecule has 2 heterocycles. The minimum atomic E-state index is -0.192. The van der Waals surface area contributed by atoms with Gasteiger partial charge in [-0.15, -0.1) is 0 Å². The van der Waals surface area contributed by atoms with E-state index in [1.54, 1.807) is 6.20 Å². The Morgan fingerprint density at radius 1 is 0.962 bits per heavy atom. The molecule has 0 radical (unpaired) electrons. The summed E-state index contributed by atoms with van der Waals surface area (Å²) in [5, 5.41) is 4.19. The first-order valence-electron chi connectivity index (χ1n) is 8.32. The van der Waals surface area contributed by atoms with Crippen molar-refractivity contribution in [2.24, 2.45) is 0 Å². The van der Waals surface area contributed by atoms with E-state index in [0.29, 0.717) is 18.0 Å². The van der Waals surface area contributed by atoms with E-state index in [-0.39, 0.29) is 5.56 Å². The van der Waals surface area contributed by atoms with Crippen molar-refractivity contribution in [3.63, 3.8) is 0 Å². The number of aromatic nitrogens is 2. The normalized spacial score (nSPS) is 10.6. The van der Waals surface area contributed by atoms with E-state index in [1.807, 2.05) is 66.7 Å². The van der Waals surface area contributed by atoms with Crippen LogP contribution in [0.2, 0.25) is 0 Å². The average molecular weight is 343 g/mol. The molecule has 2 aromatic carbocycles. The maximum absolute atomic E-state index is 11.9. The van der Waals surface area contributed by atoms with Crippen molar-refractivity contribution in [1.82, 2.24) is 9.97 Å². The second-order valence-electron chi connectivity index (χ2n) is 5.85. The Morgan fingerprint density at radius 3 is 2.73 bits per heavy atom. The Morgan fingerprint density at radius 2 is 1.85 bits per heavy atom. The fourth-order valence-electron chi connectivity index (χ4n) is 2.75. The summed E-state index contributed by atoms with van der Waals surface area (Å²) in [5.41, 5.74) is 2.43. The third-order valence-electron chi connectivity index (χ3n) is 3.97. The third-order valence-corrected chi connectivity index (χ3v) is 3.97. The fraction of sp³-hybridized carbons (Fsp3) is 0.0476. The number of anilines is 1. The molecule has 0 saturated heterocycles. The topological polar surface area (TPSA) is 67.0 Å². The Bertz CT molecular complexity index is 1090. The molecule has 5 heteroatoms. The molecule has 26 heavy (non-hydrogen) atoms. The molecule has 4 aromatic rings. The van der Waals surface area contributed by atoms with Crippen molar-refractivity contribution in [2.45, 2.75) is 6.54 Å². The number of para-hydroxylation sites is 1. The van der Waals surface area contributed by atoms with Crippen molar-refractivity contribution < 1.29 is 4.74 Å². The van der Waals surface area contributed by atoms with Gasteiger partial charge < -0.3 is 15.0 Å². The van der Waals surface area contributed by atoms with Crippen LogP contribution in [-0.4, -0.2) is 9.97 Å². The van der Waals surface area contributed by atoms with E-state index in [2.05, 4.69) is 15.3 Å². The number of H-pyrrole nitrogens is 1. The maximum Gasteiger partial charge on any atom is 0.252 e. The van der Waals surface area contributed by atoms with Crippen LogP contribution in [0, 0.1) is 0 Å². The number of hydrogen-bond acceptors (Lipinski definition) is 4. The Balaban J connectivity index is 1.57. The molecule has 0 bridgehead atoms.